The third kappa shape index (κ3) is 3.46. The average molecular weight is 227 g/mol. The van der Waals surface area contributed by atoms with Crippen molar-refractivity contribution < 1.29 is 4.79 Å². The predicted molar refractivity (Wildman–Crippen MR) is 66.1 cm³/mol. The summed E-state index contributed by atoms with van der Waals surface area (Å²) in [6, 6.07) is 0.320. The second-order valence-corrected chi connectivity index (χ2v) is 4.97. The topological polar surface area (TPSA) is 49.6 Å². The SMILES string of the molecule is CC(CCN)C(=O)N1CCCN(C)CC1C. The van der Waals surface area contributed by atoms with Crippen molar-refractivity contribution in [3.05, 3.63) is 0 Å². The van der Waals surface area contributed by atoms with Crippen LogP contribution in [0.1, 0.15) is 26.7 Å². The Kier molecular flexibility index (Phi) is 5.22. The molecular formula is C12H25N3O. The Labute approximate surface area is 98.8 Å². The van der Waals surface area contributed by atoms with Gasteiger partial charge in [0.05, 0.1) is 0 Å². The van der Waals surface area contributed by atoms with Crippen molar-refractivity contribution in [2.24, 2.45) is 11.7 Å². The summed E-state index contributed by atoms with van der Waals surface area (Å²) in [5.74, 6) is 0.337. The van der Waals surface area contributed by atoms with Crippen LogP contribution in [0.15, 0.2) is 0 Å². The van der Waals surface area contributed by atoms with Gasteiger partial charge in [-0.3, -0.25) is 4.79 Å². The highest BCUT2D eigenvalue weighted by Crippen LogP contribution is 2.14. The molecule has 0 radical (unpaired) electrons. The molecular weight excluding hydrogens is 202 g/mol. The monoisotopic (exact) mass is 227 g/mol. The van der Waals surface area contributed by atoms with Crippen molar-refractivity contribution >= 4 is 5.91 Å². The zero-order valence-electron chi connectivity index (χ0n) is 10.8. The molecule has 1 amide bonds. The number of carbonyl (C=O) groups excluding carboxylic acids is 1. The van der Waals surface area contributed by atoms with Gasteiger partial charge in [-0.1, -0.05) is 6.92 Å². The first kappa shape index (κ1) is 13.5. The highest BCUT2D eigenvalue weighted by Gasteiger charge is 2.26. The summed E-state index contributed by atoms with van der Waals surface area (Å²) in [5, 5.41) is 0. The molecule has 0 aromatic carbocycles. The minimum absolute atomic E-state index is 0.0656. The van der Waals surface area contributed by atoms with Gasteiger partial charge in [0.2, 0.25) is 5.91 Å². The standard InChI is InChI=1S/C12H25N3O/c1-10(5-6-13)12(16)15-8-4-7-14(3)9-11(15)2/h10-11H,4-9,13H2,1-3H3. The summed E-state index contributed by atoms with van der Waals surface area (Å²) in [4.78, 5) is 16.5. The molecule has 2 N–H and O–H groups in total. The molecule has 0 spiro atoms. The smallest absolute Gasteiger partial charge is 0.225 e. The Bertz CT molecular complexity index is 232. The van der Waals surface area contributed by atoms with Crippen LogP contribution in [0.3, 0.4) is 0 Å². The minimum Gasteiger partial charge on any atom is -0.338 e. The zero-order valence-corrected chi connectivity index (χ0v) is 10.8. The number of nitrogens with two attached hydrogens (primary N) is 1. The number of nitrogens with zero attached hydrogens (tertiary/aromatic N) is 2. The molecule has 0 aromatic heterocycles. The first-order valence-corrected chi connectivity index (χ1v) is 6.25. The van der Waals surface area contributed by atoms with Crippen molar-refractivity contribution in [3.63, 3.8) is 0 Å². The second kappa shape index (κ2) is 6.21. The molecule has 0 aliphatic carbocycles. The molecule has 0 aromatic rings. The molecule has 1 heterocycles. The highest BCUT2D eigenvalue weighted by atomic mass is 16.2. The molecule has 1 saturated heterocycles. The van der Waals surface area contributed by atoms with Crippen molar-refractivity contribution in [1.82, 2.24) is 9.80 Å². The Balaban J connectivity index is 2.59. The van der Waals surface area contributed by atoms with Crippen molar-refractivity contribution in [1.29, 1.82) is 0 Å². The third-order valence-electron chi connectivity index (χ3n) is 3.35. The van der Waals surface area contributed by atoms with Gasteiger partial charge >= 0.3 is 0 Å². The summed E-state index contributed by atoms with van der Waals surface area (Å²) in [6.45, 7) is 7.65. The van der Waals surface area contributed by atoms with Crippen LogP contribution in [-0.4, -0.2) is 55.0 Å². The number of likely N-dealkylation sites (N-methyl/N-ethyl adjacent to an activating group) is 1. The second-order valence-electron chi connectivity index (χ2n) is 4.97. The molecule has 1 aliphatic rings. The van der Waals surface area contributed by atoms with E-state index in [9.17, 15) is 4.79 Å². The molecule has 1 fully saturated rings. The van der Waals surface area contributed by atoms with Crippen LogP contribution < -0.4 is 5.73 Å². The van der Waals surface area contributed by atoms with E-state index in [1.54, 1.807) is 0 Å². The molecule has 1 aliphatic heterocycles. The zero-order chi connectivity index (χ0) is 12.1. The van der Waals surface area contributed by atoms with Crippen LogP contribution in [-0.2, 0) is 4.79 Å². The Hall–Kier alpha value is -0.610. The molecule has 0 bridgehead atoms. The van der Waals surface area contributed by atoms with E-state index in [0.717, 1.165) is 32.5 Å². The quantitative estimate of drug-likeness (QED) is 0.765. The van der Waals surface area contributed by atoms with Crippen LogP contribution in [0, 0.1) is 5.92 Å². The Morgan fingerprint density at radius 2 is 2.19 bits per heavy atom. The van der Waals surface area contributed by atoms with E-state index >= 15 is 0 Å². The van der Waals surface area contributed by atoms with Crippen molar-refractivity contribution in [2.75, 3.05) is 33.2 Å². The van der Waals surface area contributed by atoms with Gasteiger partial charge in [-0.25, -0.2) is 0 Å². The fourth-order valence-corrected chi connectivity index (χ4v) is 2.36. The fraction of sp³-hybridized carbons (Fsp3) is 0.917. The maximum absolute atomic E-state index is 12.2. The molecule has 4 nitrogen and oxygen atoms in total. The number of carbonyl (C=O) groups is 1. The number of amides is 1. The first-order chi connectivity index (χ1) is 7.56. The lowest BCUT2D eigenvalue weighted by molar-refractivity contribution is -0.137. The maximum Gasteiger partial charge on any atom is 0.225 e. The van der Waals surface area contributed by atoms with Crippen LogP contribution in [0.5, 0.6) is 0 Å². The van der Waals surface area contributed by atoms with Gasteiger partial charge in [0.15, 0.2) is 0 Å². The summed E-state index contributed by atoms with van der Waals surface area (Å²) in [5.41, 5.74) is 5.51. The first-order valence-electron chi connectivity index (χ1n) is 6.25. The summed E-state index contributed by atoms with van der Waals surface area (Å²) < 4.78 is 0. The number of hydrogen-bond donors (Lipinski definition) is 1. The number of rotatable bonds is 3. The van der Waals surface area contributed by atoms with Crippen molar-refractivity contribution in [2.45, 2.75) is 32.7 Å². The third-order valence-corrected chi connectivity index (χ3v) is 3.35. The van der Waals surface area contributed by atoms with Gasteiger partial charge in [-0.2, -0.15) is 0 Å². The van der Waals surface area contributed by atoms with E-state index < -0.39 is 0 Å². The van der Waals surface area contributed by atoms with E-state index in [0.29, 0.717) is 12.6 Å². The highest BCUT2D eigenvalue weighted by molar-refractivity contribution is 5.78. The van der Waals surface area contributed by atoms with Gasteiger partial charge in [0, 0.05) is 25.0 Å². The van der Waals surface area contributed by atoms with Crippen LogP contribution in [0.25, 0.3) is 0 Å². The summed E-state index contributed by atoms with van der Waals surface area (Å²) >= 11 is 0. The molecule has 1 rings (SSSR count). The van der Waals surface area contributed by atoms with E-state index in [1.807, 2.05) is 11.8 Å². The van der Waals surface area contributed by atoms with E-state index in [-0.39, 0.29) is 11.8 Å². The largest absolute Gasteiger partial charge is 0.338 e. The van der Waals surface area contributed by atoms with Gasteiger partial charge in [-0.05, 0) is 39.9 Å². The van der Waals surface area contributed by atoms with Crippen LogP contribution in [0.4, 0.5) is 0 Å². The normalized spacial score (nSPS) is 25.2. The van der Waals surface area contributed by atoms with Crippen molar-refractivity contribution in [3.8, 4) is 0 Å². The molecule has 16 heavy (non-hydrogen) atoms. The van der Waals surface area contributed by atoms with E-state index in [2.05, 4.69) is 18.9 Å². The molecule has 0 saturated carbocycles. The van der Waals surface area contributed by atoms with E-state index in [4.69, 9.17) is 5.73 Å². The summed E-state index contributed by atoms with van der Waals surface area (Å²) in [6.07, 6.45) is 1.86. The van der Waals surface area contributed by atoms with Gasteiger partial charge in [-0.15, -0.1) is 0 Å². The number of hydrogen-bond acceptors (Lipinski definition) is 3. The lowest BCUT2D eigenvalue weighted by atomic mass is 10.1. The lowest BCUT2D eigenvalue weighted by Crippen LogP contribution is -2.44. The Morgan fingerprint density at radius 1 is 1.50 bits per heavy atom. The molecule has 2 unspecified atom stereocenters. The van der Waals surface area contributed by atoms with Gasteiger partial charge in [0.25, 0.3) is 0 Å². The maximum atomic E-state index is 12.2. The predicted octanol–water partition coefficient (Wildman–Crippen LogP) is 0.524. The lowest BCUT2D eigenvalue weighted by Gasteiger charge is -2.30. The van der Waals surface area contributed by atoms with Crippen LogP contribution in [0.2, 0.25) is 0 Å². The summed E-state index contributed by atoms with van der Waals surface area (Å²) in [7, 11) is 2.12. The van der Waals surface area contributed by atoms with Gasteiger partial charge < -0.3 is 15.5 Å². The average Bonchev–Trinajstić information content (AvgIpc) is 2.38. The van der Waals surface area contributed by atoms with Crippen LogP contribution >= 0.6 is 0 Å². The molecule has 2 atom stereocenters. The fourth-order valence-electron chi connectivity index (χ4n) is 2.36. The Morgan fingerprint density at radius 3 is 2.81 bits per heavy atom. The van der Waals surface area contributed by atoms with Gasteiger partial charge in [0.1, 0.15) is 0 Å². The van der Waals surface area contributed by atoms with E-state index in [1.165, 1.54) is 0 Å². The minimum atomic E-state index is 0.0656. The molecule has 94 valence electrons. The molecule has 4 heteroatoms.